The molecular formula is C16H22N2O3S. The normalized spacial score (nSPS) is 21.3. The molecule has 0 aromatic heterocycles. The van der Waals surface area contributed by atoms with Gasteiger partial charge in [0.2, 0.25) is 11.8 Å². The minimum atomic E-state index is -0.140. The number of thioether (sulfide) groups is 1. The molecule has 1 fully saturated rings. The summed E-state index contributed by atoms with van der Waals surface area (Å²) < 4.78 is 5.16. The molecule has 0 bridgehead atoms. The van der Waals surface area contributed by atoms with Gasteiger partial charge in [-0.05, 0) is 38.5 Å². The van der Waals surface area contributed by atoms with Crippen molar-refractivity contribution in [3.05, 3.63) is 29.8 Å². The average Bonchev–Trinajstić information content (AvgIpc) is 2.75. The van der Waals surface area contributed by atoms with Gasteiger partial charge in [-0.25, -0.2) is 0 Å². The average molecular weight is 322 g/mol. The first-order chi connectivity index (χ1) is 10.4. The van der Waals surface area contributed by atoms with Crippen LogP contribution in [0.5, 0.6) is 5.75 Å². The highest BCUT2D eigenvalue weighted by Crippen LogP contribution is 2.42. The van der Waals surface area contributed by atoms with Crippen molar-refractivity contribution in [1.82, 2.24) is 10.2 Å². The van der Waals surface area contributed by atoms with E-state index in [4.69, 9.17) is 4.74 Å². The number of amides is 2. The van der Waals surface area contributed by atoms with Gasteiger partial charge < -0.3 is 15.0 Å². The van der Waals surface area contributed by atoms with Gasteiger partial charge in [0.15, 0.2) is 0 Å². The molecule has 2 rings (SSSR count). The second-order valence-corrected chi connectivity index (χ2v) is 7.02. The lowest BCUT2D eigenvalue weighted by Crippen LogP contribution is -2.42. The number of ether oxygens (including phenoxy) is 1. The summed E-state index contributed by atoms with van der Waals surface area (Å²) in [6, 6.07) is 7.69. The zero-order chi connectivity index (χ0) is 16.3. The van der Waals surface area contributed by atoms with Crippen molar-refractivity contribution < 1.29 is 14.3 Å². The first-order valence-electron chi connectivity index (χ1n) is 7.31. The van der Waals surface area contributed by atoms with Crippen molar-refractivity contribution in [2.45, 2.75) is 37.4 Å². The van der Waals surface area contributed by atoms with Crippen molar-refractivity contribution in [3.63, 3.8) is 0 Å². The molecule has 2 amide bonds. The minimum absolute atomic E-state index is 0.00437. The molecule has 1 heterocycles. The standard InChI is InChI=1S/C16H22N2O3S/c1-10(2)17-14(19)9-18-15(20)11(3)22-16(18)12-5-7-13(21-4)8-6-12/h5-8,10-11,16H,9H2,1-4H3,(H,17,19). The van der Waals surface area contributed by atoms with E-state index in [1.165, 1.54) is 0 Å². The lowest BCUT2D eigenvalue weighted by molar-refractivity contribution is -0.135. The van der Waals surface area contributed by atoms with Gasteiger partial charge in [-0.3, -0.25) is 9.59 Å². The smallest absolute Gasteiger partial charge is 0.239 e. The zero-order valence-electron chi connectivity index (χ0n) is 13.3. The highest BCUT2D eigenvalue weighted by molar-refractivity contribution is 8.01. The molecule has 2 atom stereocenters. The SMILES string of the molecule is COc1ccc(C2SC(C)C(=O)N2CC(=O)NC(C)C)cc1. The maximum atomic E-state index is 12.3. The van der Waals surface area contributed by atoms with E-state index in [9.17, 15) is 9.59 Å². The van der Waals surface area contributed by atoms with Crippen LogP contribution in [0.1, 0.15) is 31.7 Å². The van der Waals surface area contributed by atoms with Crippen LogP contribution in [0.3, 0.4) is 0 Å². The molecular weight excluding hydrogens is 300 g/mol. The number of carbonyl (C=O) groups excluding carboxylic acids is 2. The number of methoxy groups -OCH3 is 1. The monoisotopic (exact) mass is 322 g/mol. The van der Waals surface area contributed by atoms with Crippen LogP contribution in [0.25, 0.3) is 0 Å². The Morgan fingerprint density at radius 3 is 2.55 bits per heavy atom. The molecule has 120 valence electrons. The Hall–Kier alpha value is -1.69. The van der Waals surface area contributed by atoms with E-state index < -0.39 is 0 Å². The molecule has 6 heteroatoms. The summed E-state index contributed by atoms with van der Waals surface area (Å²) in [6.45, 7) is 5.78. The molecule has 22 heavy (non-hydrogen) atoms. The van der Waals surface area contributed by atoms with Crippen molar-refractivity contribution >= 4 is 23.6 Å². The number of nitrogens with zero attached hydrogens (tertiary/aromatic N) is 1. The lowest BCUT2D eigenvalue weighted by atomic mass is 10.2. The third-order valence-corrected chi connectivity index (χ3v) is 4.81. The highest BCUT2D eigenvalue weighted by atomic mass is 32.2. The van der Waals surface area contributed by atoms with Crippen LogP contribution in [-0.2, 0) is 9.59 Å². The van der Waals surface area contributed by atoms with E-state index in [1.54, 1.807) is 23.8 Å². The Bertz CT molecular complexity index is 545. The number of hydrogen-bond acceptors (Lipinski definition) is 4. The number of rotatable bonds is 5. The predicted octanol–water partition coefficient (Wildman–Crippen LogP) is 2.18. The Labute approximate surface area is 135 Å². The van der Waals surface area contributed by atoms with Gasteiger partial charge >= 0.3 is 0 Å². The van der Waals surface area contributed by atoms with Crippen LogP contribution in [0.15, 0.2) is 24.3 Å². The lowest BCUT2D eigenvalue weighted by Gasteiger charge is -2.24. The molecule has 1 aliphatic rings. The first kappa shape index (κ1) is 16.7. The number of benzene rings is 1. The molecule has 2 unspecified atom stereocenters. The summed E-state index contributed by atoms with van der Waals surface area (Å²) in [7, 11) is 1.62. The zero-order valence-corrected chi connectivity index (χ0v) is 14.1. The molecule has 1 aromatic rings. The van der Waals surface area contributed by atoms with Crippen molar-refractivity contribution in [1.29, 1.82) is 0 Å². The molecule has 0 saturated carbocycles. The van der Waals surface area contributed by atoms with Crippen molar-refractivity contribution in [2.24, 2.45) is 0 Å². The van der Waals surface area contributed by atoms with Gasteiger partial charge in [0.25, 0.3) is 0 Å². The predicted molar refractivity (Wildman–Crippen MR) is 87.8 cm³/mol. The van der Waals surface area contributed by atoms with Crippen LogP contribution in [0, 0.1) is 0 Å². The fraction of sp³-hybridized carbons (Fsp3) is 0.500. The summed E-state index contributed by atoms with van der Waals surface area (Å²) in [6.07, 6.45) is 0. The molecule has 0 aliphatic carbocycles. The number of hydrogen-bond donors (Lipinski definition) is 1. The maximum Gasteiger partial charge on any atom is 0.239 e. The Balaban J connectivity index is 2.16. The minimum Gasteiger partial charge on any atom is -0.497 e. The van der Waals surface area contributed by atoms with E-state index in [-0.39, 0.29) is 35.0 Å². The molecule has 0 radical (unpaired) electrons. The van der Waals surface area contributed by atoms with Gasteiger partial charge in [0, 0.05) is 6.04 Å². The second-order valence-electron chi connectivity index (χ2n) is 5.59. The largest absolute Gasteiger partial charge is 0.497 e. The van der Waals surface area contributed by atoms with E-state index in [0.29, 0.717) is 0 Å². The summed E-state index contributed by atoms with van der Waals surface area (Å²) in [5.41, 5.74) is 1.00. The molecule has 0 spiro atoms. The van der Waals surface area contributed by atoms with Crippen molar-refractivity contribution in [3.8, 4) is 5.75 Å². The van der Waals surface area contributed by atoms with Crippen LogP contribution in [0.4, 0.5) is 0 Å². The van der Waals surface area contributed by atoms with Crippen LogP contribution < -0.4 is 10.1 Å². The van der Waals surface area contributed by atoms with Gasteiger partial charge in [0.05, 0.1) is 12.4 Å². The maximum absolute atomic E-state index is 12.3. The van der Waals surface area contributed by atoms with Gasteiger partial charge in [0.1, 0.15) is 17.7 Å². The van der Waals surface area contributed by atoms with Crippen molar-refractivity contribution in [2.75, 3.05) is 13.7 Å². The summed E-state index contributed by atoms with van der Waals surface area (Å²) in [4.78, 5) is 26.0. The fourth-order valence-corrected chi connectivity index (χ4v) is 3.66. The number of nitrogens with one attached hydrogen (secondary N) is 1. The fourth-order valence-electron chi connectivity index (χ4n) is 2.38. The Morgan fingerprint density at radius 2 is 2.00 bits per heavy atom. The van der Waals surface area contributed by atoms with E-state index in [1.807, 2.05) is 45.0 Å². The number of carbonyl (C=O) groups is 2. The summed E-state index contributed by atoms with van der Waals surface area (Å²) >= 11 is 1.56. The molecule has 1 aliphatic heterocycles. The van der Waals surface area contributed by atoms with E-state index in [0.717, 1.165) is 11.3 Å². The second kappa shape index (κ2) is 7.05. The Kier molecular flexibility index (Phi) is 5.34. The van der Waals surface area contributed by atoms with Gasteiger partial charge in [-0.15, -0.1) is 11.8 Å². The van der Waals surface area contributed by atoms with E-state index in [2.05, 4.69) is 5.32 Å². The highest BCUT2D eigenvalue weighted by Gasteiger charge is 2.39. The van der Waals surface area contributed by atoms with Crippen LogP contribution in [-0.4, -0.2) is 41.7 Å². The van der Waals surface area contributed by atoms with Gasteiger partial charge in [-0.2, -0.15) is 0 Å². The molecule has 1 aromatic carbocycles. The molecule has 1 N–H and O–H groups in total. The van der Waals surface area contributed by atoms with Crippen LogP contribution in [0.2, 0.25) is 0 Å². The third-order valence-electron chi connectivity index (χ3n) is 3.41. The third kappa shape index (κ3) is 3.74. The molecule has 5 nitrogen and oxygen atoms in total. The molecule has 1 saturated heterocycles. The summed E-state index contributed by atoms with van der Waals surface area (Å²) in [5, 5.41) is 2.56. The first-order valence-corrected chi connectivity index (χ1v) is 8.26. The van der Waals surface area contributed by atoms with Crippen LogP contribution >= 0.6 is 11.8 Å². The van der Waals surface area contributed by atoms with E-state index >= 15 is 0 Å². The topological polar surface area (TPSA) is 58.6 Å². The Morgan fingerprint density at radius 1 is 1.36 bits per heavy atom. The quantitative estimate of drug-likeness (QED) is 0.903. The van der Waals surface area contributed by atoms with Gasteiger partial charge in [-0.1, -0.05) is 12.1 Å². The summed E-state index contributed by atoms with van der Waals surface area (Å²) in [5.74, 6) is 0.650.